The predicted octanol–water partition coefficient (Wildman–Crippen LogP) is 0.932. The summed E-state index contributed by atoms with van der Waals surface area (Å²) in [6, 6.07) is 3.25. The molecule has 0 radical (unpaired) electrons. The summed E-state index contributed by atoms with van der Waals surface area (Å²) in [6.07, 6.45) is 1.58. The third kappa shape index (κ3) is 3.69. The molecule has 0 aliphatic heterocycles. The Labute approximate surface area is 81.9 Å². The minimum atomic E-state index is -4.40. The number of aromatic nitrogens is 1. The summed E-state index contributed by atoms with van der Waals surface area (Å²) in [5, 5.41) is 0. The third-order valence-corrected chi connectivity index (χ3v) is 2.33. The van der Waals surface area contributed by atoms with E-state index >= 15 is 0 Å². The first-order chi connectivity index (χ1) is 6.51. The number of halogens is 1. The molecule has 0 atom stereocenters. The molecule has 0 saturated carbocycles. The van der Waals surface area contributed by atoms with Crippen molar-refractivity contribution in [2.75, 3.05) is 12.9 Å². The van der Waals surface area contributed by atoms with Gasteiger partial charge in [0.1, 0.15) is 0 Å². The molecule has 0 amide bonds. The van der Waals surface area contributed by atoms with Crippen LogP contribution in [0.4, 0.5) is 3.89 Å². The van der Waals surface area contributed by atoms with Crippen molar-refractivity contribution in [3.8, 4) is 5.88 Å². The molecule has 0 aliphatic rings. The molecule has 1 aromatic rings. The van der Waals surface area contributed by atoms with Crippen molar-refractivity contribution in [1.29, 1.82) is 0 Å². The van der Waals surface area contributed by atoms with E-state index in [1.807, 2.05) is 0 Å². The van der Waals surface area contributed by atoms with Crippen LogP contribution in [-0.2, 0) is 16.6 Å². The Morgan fingerprint density at radius 3 is 2.64 bits per heavy atom. The van der Waals surface area contributed by atoms with E-state index in [1.165, 1.54) is 13.3 Å². The fraction of sp³-hybridized carbons (Fsp3) is 0.375. The lowest BCUT2D eigenvalue weighted by Gasteiger charge is -2.00. The molecule has 0 aliphatic carbocycles. The number of rotatable bonds is 4. The number of pyridine rings is 1. The first-order valence-electron chi connectivity index (χ1n) is 3.92. The Morgan fingerprint density at radius 1 is 1.50 bits per heavy atom. The summed E-state index contributed by atoms with van der Waals surface area (Å²) in [5.41, 5.74) is 0.659. The van der Waals surface area contributed by atoms with Gasteiger partial charge < -0.3 is 4.74 Å². The number of methoxy groups -OCH3 is 1. The van der Waals surface area contributed by atoms with E-state index in [4.69, 9.17) is 4.74 Å². The van der Waals surface area contributed by atoms with Crippen LogP contribution in [0.5, 0.6) is 5.88 Å². The maximum atomic E-state index is 12.1. The molecule has 0 fully saturated rings. The lowest BCUT2D eigenvalue weighted by Crippen LogP contribution is -2.02. The zero-order chi connectivity index (χ0) is 10.6. The van der Waals surface area contributed by atoms with Crippen LogP contribution in [0.2, 0.25) is 0 Å². The average molecular weight is 219 g/mol. The SMILES string of the molecule is COc1ccc(CCS(=O)(=O)F)cn1. The van der Waals surface area contributed by atoms with E-state index in [0.717, 1.165) is 0 Å². The molecule has 78 valence electrons. The molecule has 1 aromatic heterocycles. The summed E-state index contributed by atoms with van der Waals surface area (Å²) in [4.78, 5) is 3.86. The van der Waals surface area contributed by atoms with Gasteiger partial charge in [0.2, 0.25) is 5.88 Å². The van der Waals surface area contributed by atoms with Gasteiger partial charge in [0.25, 0.3) is 0 Å². The van der Waals surface area contributed by atoms with Crippen LogP contribution in [-0.4, -0.2) is 26.3 Å². The molecule has 0 bridgehead atoms. The second kappa shape index (κ2) is 4.36. The molecule has 14 heavy (non-hydrogen) atoms. The van der Waals surface area contributed by atoms with Crippen LogP contribution in [0.25, 0.3) is 0 Å². The van der Waals surface area contributed by atoms with Crippen LogP contribution in [0.3, 0.4) is 0 Å². The fourth-order valence-corrected chi connectivity index (χ4v) is 1.40. The topological polar surface area (TPSA) is 56.3 Å². The van der Waals surface area contributed by atoms with Gasteiger partial charge in [-0.3, -0.25) is 0 Å². The summed E-state index contributed by atoms with van der Waals surface area (Å²) in [6.45, 7) is 0. The van der Waals surface area contributed by atoms with Crippen LogP contribution in [0, 0.1) is 0 Å². The normalized spacial score (nSPS) is 11.3. The first kappa shape index (κ1) is 10.9. The zero-order valence-electron chi connectivity index (χ0n) is 7.60. The second-order valence-electron chi connectivity index (χ2n) is 2.70. The van der Waals surface area contributed by atoms with Crippen LogP contribution < -0.4 is 4.74 Å². The molecular formula is C8H10FNO3S. The third-order valence-electron chi connectivity index (χ3n) is 1.64. The highest BCUT2D eigenvalue weighted by Gasteiger charge is 2.07. The number of hydrogen-bond donors (Lipinski definition) is 0. The molecule has 1 rings (SSSR count). The number of aryl methyl sites for hydroxylation is 1. The van der Waals surface area contributed by atoms with Crippen molar-refractivity contribution in [3.05, 3.63) is 23.9 Å². The summed E-state index contributed by atoms with van der Waals surface area (Å²) in [5.74, 6) is -0.0714. The van der Waals surface area contributed by atoms with Gasteiger partial charge in [-0.2, -0.15) is 8.42 Å². The predicted molar refractivity (Wildman–Crippen MR) is 49.4 cm³/mol. The summed E-state index contributed by atoms with van der Waals surface area (Å²) in [7, 11) is -2.92. The van der Waals surface area contributed by atoms with Gasteiger partial charge in [0.05, 0.1) is 12.9 Å². The lowest BCUT2D eigenvalue weighted by molar-refractivity contribution is 0.397. The molecule has 0 N–H and O–H groups in total. The number of hydrogen-bond acceptors (Lipinski definition) is 4. The van der Waals surface area contributed by atoms with Crippen LogP contribution in [0.15, 0.2) is 18.3 Å². The van der Waals surface area contributed by atoms with E-state index in [0.29, 0.717) is 11.4 Å². The summed E-state index contributed by atoms with van der Waals surface area (Å²) >= 11 is 0. The molecule has 0 aromatic carbocycles. The Hall–Kier alpha value is -1.17. The van der Waals surface area contributed by atoms with E-state index < -0.39 is 16.0 Å². The number of ether oxygens (including phenoxy) is 1. The number of nitrogens with zero attached hydrogens (tertiary/aromatic N) is 1. The minimum absolute atomic E-state index is 0.121. The maximum Gasteiger partial charge on any atom is 0.302 e. The van der Waals surface area contributed by atoms with Crippen molar-refractivity contribution in [3.63, 3.8) is 0 Å². The van der Waals surface area contributed by atoms with Crippen LogP contribution in [0.1, 0.15) is 5.56 Å². The molecule has 4 nitrogen and oxygen atoms in total. The standard InChI is InChI=1S/C8H10FNO3S/c1-13-8-3-2-7(6-10-8)4-5-14(9,11)12/h2-3,6H,4-5H2,1H3. The Balaban J connectivity index is 2.61. The highest BCUT2D eigenvalue weighted by Crippen LogP contribution is 2.08. The minimum Gasteiger partial charge on any atom is -0.481 e. The Kier molecular flexibility index (Phi) is 3.40. The van der Waals surface area contributed by atoms with Gasteiger partial charge in [0.15, 0.2) is 0 Å². The van der Waals surface area contributed by atoms with E-state index in [9.17, 15) is 12.3 Å². The second-order valence-corrected chi connectivity index (χ2v) is 4.19. The fourth-order valence-electron chi connectivity index (χ4n) is 0.919. The van der Waals surface area contributed by atoms with Gasteiger partial charge in [0, 0.05) is 12.3 Å². The van der Waals surface area contributed by atoms with Gasteiger partial charge in [-0.15, -0.1) is 3.89 Å². The highest BCUT2D eigenvalue weighted by molar-refractivity contribution is 7.86. The largest absolute Gasteiger partial charge is 0.481 e. The Morgan fingerprint density at radius 2 is 2.21 bits per heavy atom. The van der Waals surface area contributed by atoms with Crippen LogP contribution >= 0.6 is 0 Å². The maximum absolute atomic E-state index is 12.1. The van der Waals surface area contributed by atoms with Crippen molar-refractivity contribution in [1.82, 2.24) is 4.98 Å². The molecule has 0 unspecified atom stereocenters. The zero-order valence-corrected chi connectivity index (χ0v) is 8.42. The van der Waals surface area contributed by atoms with E-state index in [1.54, 1.807) is 12.1 Å². The van der Waals surface area contributed by atoms with Crippen molar-refractivity contribution >= 4 is 10.2 Å². The molecule has 0 spiro atoms. The quantitative estimate of drug-likeness (QED) is 0.707. The molecule has 1 heterocycles. The van der Waals surface area contributed by atoms with E-state index in [2.05, 4.69) is 4.98 Å². The highest BCUT2D eigenvalue weighted by atomic mass is 32.3. The molecule has 0 saturated heterocycles. The monoisotopic (exact) mass is 219 g/mol. The smallest absolute Gasteiger partial charge is 0.302 e. The van der Waals surface area contributed by atoms with Crippen molar-refractivity contribution in [2.45, 2.75) is 6.42 Å². The van der Waals surface area contributed by atoms with Gasteiger partial charge in [-0.25, -0.2) is 4.98 Å². The Bertz CT molecular complexity index is 388. The average Bonchev–Trinajstić information content (AvgIpc) is 2.14. The van der Waals surface area contributed by atoms with Gasteiger partial charge >= 0.3 is 10.2 Å². The lowest BCUT2D eigenvalue weighted by atomic mass is 10.2. The molecular weight excluding hydrogens is 209 g/mol. The van der Waals surface area contributed by atoms with Crippen molar-refractivity contribution in [2.24, 2.45) is 0 Å². The van der Waals surface area contributed by atoms with Gasteiger partial charge in [-0.05, 0) is 12.0 Å². The first-order valence-corrected chi connectivity index (χ1v) is 5.48. The van der Waals surface area contributed by atoms with E-state index in [-0.39, 0.29) is 6.42 Å². The molecule has 6 heteroatoms. The van der Waals surface area contributed by atoms with Crippen molar-refractivity contribution < 1.29 is 17.0 Å². The summed E-state index contributed by atoms with van der Waals surface area (Å²) < 4.78 is 37.4. The van der Waals surface area contributed by atoms with Gasteiger partial charge in [-0.1, -0.05) is 6.07 Å².